The van der Waals surface area contributed by atoms with Gasteiger partial charge in [-0.1, -0.05) is 60.1 Å². The highest BCUT2D eigenvalue weighted by atomic mass is 35.5. The van der Waals surface area contributed by atoms with Gasteiger partial charge in [-0.05, 0) is 61.0 Å². The number of benzene rings is 4. The summed E-state index contributed by atoms with van der Waals surface area (Å²) >= 11 is 6.12. The van der Waals surface area contributed by atoms with E-state index in [1.807, 2.05) is 6.07 Å². The molecule has 8 heteroatoms. The van der Waals surface area contributed by atoms with Crippen molar-refractivity contribution in [3.05, 3.63) is 124 Å². The van der Waals surface area contributed by atoms with E-state index in [9.17, 15) is 18.0 Å². The Hall–Kier alpha value is -3.94. The molecular weight excluding hydrogens is 484 g/mol. The molecular formula is C27H21ClN2O4S. The molecule has 2 N–H and O–H groups in total. The number of halogens is 1. The molecule has 0 bridgehead atoms. The zero-order valence-corrected chi connectivity index (χ0v) is 20.2. The van der Waals surface area contributed by atoms with Gasteiger partial charge >= 0.3 is 0 Å². The van der Waals surface area contributed by atoms with Crippen LogP contribution in [-0.2, 0) is 10.0 Å². The van der Waals surface area contributed by atoms with E-state index in [1.165, 1.54) is 30.3 Å². The minimum atomic E-state index is -3.76. The van der Waals surface area contributed by atoms with Gasteiger partial charge in [0.1, 0.15) is 0 Å². The predicted octanol–water partition coefficient (Wildman–Crippen LogP) is 5.93. The van der Waals surface area contributed by atoms with Crippen molar-refractivity contribution < 1.29 is 18.0 Å². The fraction of sp³-hybridized carbons (Fsp3) is 0.0370. The van der Waals surface area contributed by atoms with Gasteiger partial charge in [-0.15, -0.1) is 0 Å². The van der Waals surface area contributed by atoms with Crippen molar-refractivity contribution >= 4 is 44.7 Å². The van der Waals surface area contributed by atoms with Crippen LogP contribution in [0.5, 0.6) is 0 Å². The van der Waals surface area contributed by atoms with Crippen LogP contribution in [-0.4, -0.2) is 20.1 Å². The van der Waals surface area contributed by atoms with Gasteiger partial charge in [0.2, 0.25) is 0 Å². The summed E-state index contributed by atoms with van der Waals surface area (Å²) in [6.45, 7) is 1.70. The molecule has 4 aromatic rings. The highest BCUT2D eigenvalue weighted by molar-refractivity contribution is 7.92. The van der Waals surface area contributed by atoms with Crippen LogP contribution in [0, 0.1) is 6.92 Å². The van der Waals surface area contributed by atoms with Gasteiger partial charge in [0.15, 0.2) is 5.78 Å². The van der Waals surface area contributed by atoms with E-state index in [0.717, 1.165) is 0 Å². The zero-order chi connectivity index (χ0) is 25.0. The number of aryl methyl sites for hydroxylation is 1. The Labute approximate surface area is 208 Å². The van der Waals surface area contributed by atoms with Crippen molar-refractivity contribution in [1.82, 2.24) is 0 Å². The largest absolute Gasteiger partial charge is 0.321 e. The van der Waals surface area contributed by atoms with E-state index in [4.69, 9.17) is 11.6 Å². The molecule has 0 aliphatic heterocycles. The monoisotopic (exact) mass is 504 g/mol. The normalized spacial score (nSPS) is 11.0. The fourth-order valence-electron chi connectivity index (χ4n) is 3.48. The van der Waals surface area contributed by atoms with Crippen LogP contribution in [0.15, 0.2) is 102 Å². The van der Waals surface area contributed by atoms with E-state index < -0.39 is 15.9 Å². The maximum Gasteiger partial charge on any atom is 0.261 e. The maximum atomic E-state index is 13.0. The Morgan fingerprint density at radius 3 is 2.03 bits per heavy atom. The number of carbonyl (C=O) groups excluding carboxylic acids is 2. The molecule has 0 radical (unpaired) electrons. The van der Waals surface area contributed by atoms with E-state index in [1.54, 1.807) is 67.6 Å². The number of hydrogen-bond donors (Lipinski definition) is 2. The maximum absolute atomic E-state index is 13.0. The average molecular weight is 505 g/mol. The van der Waals surface area contributed by atoms with Gasteiger partial charge in [-0.25, -0.2) is 8.42 Å². The van der Waals surface area contributed by atoms with Crippen molar-refractivity contribution in [2.45, 2.75) is 11.8 Å². The first-order valence-corrected chi connectivity index (χ1v) is 12.5. The lowest BCUT2D eigenvalue weighted by Crippen LogP contribution is -2.17. The molecule has 4 aromatic carbocycles. The van der Waals surface area contributed by atoms with Gasteiger partial charge in [0.05, 0.1) is 16.3 Å². The fourth-order valence-corrected chi connectivity index (χ4v) is 4.80. The SMILES string of the molecule is Cc1cc(C(=O)Nc2ccc(Cl)cc2C(=O)c2ccccc2)ccc1NS(=O)(=O)c1ccccc1. The smallest absolute Gasteiger partial charge is 0.261 e. The van der Waals surface area contributed by atoms with Crippen LogP contribution in [0.3, 0.4) is 0 Å². The van der Waals surface area contributed by atoms with Gasteiger partial charge in [0.25, 0.3) is 15.9 Å². The summed E-state index contributed by atoms with van der Waals surface area (Å²) in [7, 11) is -3.76. The van der Waals surface area contributed by atoms with Crippen molar-refractivity contribution in [1.29, 1.82) is 0 Å². The molecule has 176 valence electrons. The molecule has 0 saturated carbocycles. The van der Waals surface area contributed by atoms with E-state index in [2.05, 4.69) is 10.0 Å². The highest BCUT2D eigenvalue weighted by Crippen LogP contribution is 2.26. The van der Waals surface area contributed by atoms with Crippen molar-refractivity contribution in [2.75, 3.05) is 10.0 Å². The number of ketones is 1. The van der Waals surface area contributed by atoms with E-state index in [0.29, 0.717) is 33.1 Å². The standard InChI is InChI=1S/C27H21ClN2O4S/c1-18-16-20(12-14-24(18)30-35(33,34)22-10-6-3-7-11-22)27(32)29-25-15-13-21(28)17-23(25)26(31)19-8-4-2-5-9-19/h2-17,30H,1H3,(H,29,32). The van der Waals surface area contributed by atoms with Crippen molar-refractivity contribution in [3.63, 3.8) is 0 Å². The number of amides is 1. The molecule has 6 nitrogen and oxygen atoms in total. The molecule has 4 rings (SSSR count). The molecule has 1 amide bonds. The minimum absolute atomic E-state index is 0.138. The van der Waals surface area contributed by atoms with Gasteiger partial charge in [-0.2, -0.15) is 0 Å². The second-order valence-electron chi connectivity index (χ2n) is 7.79. The first kappa shape index (κ1) is 24.2. The minimum Gasteiger partial charge on any atom is -0.321 e. The number of rotatable bonds is 7. The summed E-state index contributed by atoms with van der Waals surface area (Å²) < 4.78 is 27.8. The summed E-state index contributed by atoms with van der Waals surface area (Å²) in [5.74, 6) is -0.722. The van der Waals surface area contributed by atoms with Crippen LogP contribution in [0.1, 0.15) is 31.8 Å². The van der Waals surface area contributed by atoms with Crippen molar-refractivity contribution in [3.8, 4) is 0 Å². The molecule has 0 atom stereocenters. The molecule has 0 fully saturated rings. The van der Waals surface area contributed by atoms with Gasteiger partial charge in [-0.3, -0.25) is 14.3 Å². The zero-order valence-electron chi connectivity index (χ0n) is 18.7. The lowest BCUT2D eigenvalue weighted by atomic mass is 10.0. The van der Waals surface area contributed by atoms with Crippen LogP contribution in [0.25, 0.3) is 0 Å². The second kappa shape index (κ2) is 10.1. The molecule has 0 aliphatic rings. The average Bonchev–Trinajstić information content (AvgIpc) is 2.87. The first-order valence-electron chi connectivity index (χ1n) is 10.6. The number of nitrogens with one attached hydrogen (secondary N) is 2. The Balaban J connectivity index is 1.57. The van der Waals surface area contributed by atoms with Crippen LogP contribution < -0.4 is 10.0 Å². The number of sulfonamides is 1. The van der Waals surface area contributed by atoms with Crippen molar-refractivity contribution in [2.24, 2.45) is 0 Å². The number of hydrogen-bond acceptors (Lipinski definition) is 4. The van der Waals surface area contributed by atoms with Crippen LogP contribution in [0.2, 0.25) is 5.02 Å². The molecule has 0 saturated heterocycles. The molecule has 0 unspecified atom stereocenters. The molecule has 0 aliphatic carbocycles. The molecule has 35 heavy (non-hydrogen) atoms. The Morgan fingerprint density at radius 2 is 1.37 bits per heavy atom. The van der Waals surface area contributed by atoms with Gasteiger partial charge in [0, 0.05) is 21.7 Å². The number of carbonyl (C=O) groups is 2. The third-order valence-electron chi connectivity index (χ3n) is 5.30. The summed E-state index contributed by atoms with van der Waals surface area (Å²) in [5, 5.41) is 3.14. The predicted molar refractivity (Wildman–Crippen MR) is 138 cm³/mol. The summed E-state index contributed by atoms with van der Waals surface area (Å²) in [4.78, 5) is 26.1. The second-order valence-corrected chi connectivity index (χ2v) is 9.91. The Morgan fingerprint density at radius 1 is 0.743 bits per heavy atom. The molecule has 0 heterocycles. The van der Waals surface area contributed by atoms with E-state index in [-0.39, 0.29) is 16.2 Å². The van der Waals surface area contributed by atoms with Crippen LogP contribution >= 0.6 is 11.6 Å². The third-order valence-corrected chi connectivity index (χ3v) is 6.91. The lowest BCUT2D eigenvalue weighted by molar-refractivity contribution is 0.102. The quantitative estimate of drug-likeness (QED) is 0.305. The summed E-state index contributed by atoms with van der Waals surface area (Å²) in [5.41, 5.74) is 2.28. The molecule has 0 spiro atoms. The highest BCUT2D eigenvalue weighted by Gasteiger charge is 2.18. The van der Waals surface area contributed by atoms with Crippen LogP contribution in [0.4, 0.5) is 11.4 Å². The Bertz CT molecular complexity index is 1510. The summed E-state index contributed by atoms with van der Waals surface area (Å²) in [6, 6.07) is 26.0. The topological polar surface area (TPSA) is 92.3 Å². The Kier molecular flexibility index (Phi) is 7.00. The molecule has 0 aromatic heterocycles. The summed E-state index contributed by atoms with van der Waals surface area (Å²) in [6.07, 6.45) is 0. The lowest BCUT2D eigenvalue weighted by Gasteiger charge is -2.14. The first-order chi connectivity index (χ1) is 16.7. The third kappa shape index (κ3) is 5.59. The van der Waals surface area contributed by atoms with E-state index >= 15 is 0 Å². The van der Waals surface area contributed by atoms with Gasteiger partial charge < -0.3 is 5.32 Å². The number of anilines is 2.